The van der Waals surface area contributed by atoms with Crippen LogP contribution in [0.25, 0.3) is 0 Å². The minimum Gasteiger partial charge on any atom is -0.391 e. The summed E-state index contributed by atoms with van der Waals surface area (Å²) in [7, 11) is 0. The molecule has 0 heterocycles. The van der Waals surface area contributed by atoms with Crippen molar-refractivity contribution in [2.24, 2.45) is 0 Å². The van der Waals surface area contributed by atoms with E-state index in [2.05, 4.69) is 0 Å². The molecule has 1 N–H and O–H groups in total. The van der Waals surface area contributed by atoms with Gasteiger partial charge in [0.1, 0.15) is 0 Å². The third-order valence-electron chi connectivity index (χ3n) is 0. The summed E-state index contributed by atoms with van der Waals surface area (Å²) in [4.78, 5) is 0. The van der Waals surface area contributed by atoms with Crippen molar-refractivity contribution < 1.29 is 56.8 Å². The van der Waals surface area contributed by atoms with Gasteiger partial charge >= 0.3 is 0 Å². The Hall–Kier alpha value is 1.99. The quantitative estimate of drug-likeness (QED) is 0.531. The van der Waals surface area contributed by atoms with Gasteiger partial charge in [-0.25, -0.2) is 0 Å². The van der Waals surface area contributed by atoms with Crippen molar-refractivity contribution in [3.63, 3.8) is 0 Å². The summed E-state index contributed by atoms with van der Waals surface area (Å²) in [6.07, 6.45) is 0. The van der Waals surface area contributed by atoms with Crippen LogP contribution >= 0.6 is 12.4 Å². The Kier molecular flexibility index (Phi) is 25.3. The Labute approximate surface area is 94.6 Å². The Morgan fingerprint density at radius 3 is 1.00 bits per heavy atom. The molecule has 0 aliphatic heterocycles. The van der Waals surface area contributed by atoms with E-state index < -0.39 is 5.60 Å². The molecule has 8 heavy (non-hydrogen) atoms. The first-order valence-corrected chi connectivity index (χ1v) is 1.72. The maximum absolute atomic E-state index is 8.52. The average molecular weight is 468 g/mol. The van der Waals surface area contributed by atoms with Crippen LogP contribution in [-0.4, -0.2) is 10.7 Å². The molecule has 0 aliphatic carbocycles. The second kappa shape index (κ2) is 8.99. The van der Waals surface area contributed by atoms with Crippen LogP contribution < -0.4 is 0 Å². The van der Waals surface area contributed by atoms with Crippen molar-refractivity contribution in [2.75, 3.05) is 0 Å². The van der Waals surface area contributed by atoms with Gasteiger partial charge in [0.25, 0.3) is 0 Å². The van der Waals surface area contributed by atoms with E-state index in [4.69, 9.17) is 5.11 Å². The standard InChI is InChI=1S/C4H10O.ClH.2Hf/c1-4(2,3)5;;;/h5H,1-3H3;1H;;. The molecule has 1 nitrogen and oxygen atoms in total. The smallest absolute Gasteiger partial charge is 0.0563 e. The summed E-state index contributed by atoms with van der Waals surface area (Å²) in [5, 5.41) is 8.52. The summed E-state index contributed by atoms with van der Waals surface area (Å²) in [6.45, 7) is 5.23. The van der Waals surface area contributed by atoms with Crippen LogP contribution in [0.4, 0.5) is 0 Å². The number of hydrogen-bond donors (Lipinski definition) is 1. The molecule has 0 radical (unpaired) electrons. The Balaban J connectivity index is -0.0000000267. The first-order valence-electron chi connectivity index (χ1n) is 1.72. The van der Waals surface area contributed by atoms with Gasteiger partial charge in [0.05, 0.1) is 5.60 Å². The Bertz CT molecular complexity index is 29.5. The normalized spacial score (nSPS) is 7.50. The third kappa shape index (κ3) is 98.6. The second-order valence-corrected chi connectivity index (χ2v) is 2.17. The van der Waals surface area contributed by atoms with Gasteiger partial charge < -0.3 is 5.11 Å². The maximum atomic E-state index is 8.52. The van der Waals surface area contributed by atoms with Crippen LogP contribution in [-0.2, 0) is 51.7 Å². The minimum atomic E-state index is -0.500. The summed E-state index contributed by atoms with van der Waals surface area (Å²) < 4.78 is 0. The summed E-state index contributed by atoms with van der Waals surface area (Å²) >= 11 is 0. The molecule has 0 atom stereocenters. The van der Waals surface area contributed by atoms with E-state index in [0.29, 0.717) is 0 Å². The molecular weight excluding hydrogens is 456 g/mol. The van der Waals surface area contributed by atoms with Gasteiger partial charge in [0.15, 0.2) is 0 Å². The Morgan fingerprint density at radius 2 is 1.00 bits per heavy atom. The molecule has 0 aliphatic rings. The molecule has 0 saturated carbocycles. The zero-order valence-corrected chi connectivity index (χ0v) is 13.4. The predicted molar refractivity (Wildman–Crippen MR) is 29.2 cm³/mol. The van der Waals surface area contributed by atoms with E-state index in [9.17, 15) is 0 Å². The van der Waals surface area contributed by atoms with E-state index in [1.807, 2.05) is 0 Å². The van der Waals surface area contributed by atoms with E-state index in [-0.39, 0.29) is 64.1 Å². The molecule has 0 aromatic rings. The predicted octanol–water partition coefficient (Wildman–Crippen LogP) is 1.19. The van der Waals surface area contributed by atoms with Gasteiger partial charge in [-0.3, -0.25) is 0 Å². The van der Waals surface area contributed by atoms with Crippen LogP contribution in [0.2, 0.25) is 0 Å². The zero-order chi connectivity index (χ0) is 4.50. The fraction of sp³-hybridized carbons (Fsp3) is 1.00. The van der Waals surface area contributed by atoms with E-state index in [1.54, 1.807) is 20.8 Å². The van der Waals surface area contributed by atoms with Crippen molar-refractivity contribution in [1.29, 1.82) is 0 Å². The number of aliphatic hydroxyl groups is 1. The van der Waals surface area contributed by atoms with E-state index in [1.165, 1.54) is 0 Å². The molecule has 4 heteroatoms. The molecule has 0 unspecified atom stereocenters. The van der Waals surface area contributed by atoms with Gasteiger partial charge in [0, 0.05) is 51.7 Å². The second-order valence-electron chi connectivity index (χ2n) is 2.17. The molecule has 48 valence electrons. The Morgan fingerprint density at radius 1 is 1.00 bits per heavy atom. The van der Waals surface area contributed by atoms with Gasteiger partial charge in [-0.05, 0) is 20.8 Å². The summed E-state index contributed by atoms with van der Waals surface area (Å²) in [5.74, 6) is 0. The van der Waals surface area contributed by atoms with Crippen molar-refractivity contribution >= 4 is 12.4 Å². The fourth-order valence-electron chi connectivity index (χ4n) is 0. The SMILES string of the molecule is CC(C)(C)O.Cl.[Hf].[Hf]. The van der Waals surface area contributed by atoms with Crippen molar-refractivity contribution in [3.8, 4) is 0 Å². The fourth-order valence-corrected chi connectivity index (χ4v) is 0. The van der Waals surface area contributed by atoms with Crippen LogP contribution in [0, 0.1) is 0 Å². The van der Waals surface area contributed by atoms with Gasteiger partial charge in [0.2, 0.25) is 0 Å². The van der Waals surface area contributed by atoms with Crippen molar-refractivity contribution in [3.05, 3.63) is 0 Å². The van der Waals surface area contributed by atoms with Gasteiger partial charge in [-0.1, -0.05) is 0 Å². The minimum absolute atomic E-state index is 0. The summed E-state index contributed by atoms with van der Waals surface area (Å²) in [5.41, 5.74) is -0.500. The van der Waals surface area contributed by atoms with Crippen LogP contribution in [0.1, 0.15) is 20.8 Å². The first-order chi connectivity index (χ1) is 2.00. The molecule has 0 aromatic carbocycles. The van der Waals surface area contributed by atoms with Gasteiger partial charge in [-0.15, -0.1) is 12.4 Å². The summed E-state index contributed by atoms with van der Waals surface area (Å²) in [6, 6.07) is 0. The number of hydrogen-bond acceptors (Lipinski definition) is 1. The molecule has 0 bridgehead atoms. The molecule has 0 rings (SSSR count). The first kappa shape index (κ1) is 22.5. The number of rotatable bonds is 0. The third-order valence-corrected chi connectivity index (χ3v) is 0. The molecule has 0 aromatic heterocycles. The molecule has 0 fully saturated rings. The maximum Gasteiger partial charge on any atom is 0.0563 e. The van der Waals surface area contributed by atoms with Crippen molar-refractivity contribution in [1.82, 2.24) is 0 Å². The number of halogens is 1. The van der Waals surface area contributed by atoms with Gasteiger partial charge in [-0.2, -0.15) is 0 Å². The van der Waals surface area contributed by atoms with E-state index >= 15 is 0 Å². The largest absolute Gasteiger partial charge is 0.391 e. The van der Waals surface area contributed by atoms with Crippen LogP contribution in [0.3, 0.4) is 0 Å². The molecule has 0 saturated heterocycles. The van der Waals surface area contributed by atoms with Crippen molar-refractivity contribution in [2.45, 2.75) is 26.4 Å². The van der Waals surface area contributed by atoms with Crippen LogP contribution in [0.5, 0.6) is 0 Å². The molecule has 0 spiro atoms. The van der Waals surface area contributed by atoms with E-state index in [0.717, 1.165) is 0 Å². The zero-order valence-electron chi connectivity index (χ0n) is 5.36. The monoisotopic (exact) mass is 470 g/mol. The van der Waals surface area contributed by atoms with Crippen LogP contribution in [0.15, 0.2) is 0 Å². The average Bonchev–Trinajstić information content (AvgIpc) is 0.722. The molecule has 0 amide bonds. The molecular formula is C4H11ClHf2O. The topological polar surface area (TPSA) is 20.2 Å².